The van der Waals surface area contributed by atoms with Crippen molar-refractivity contribution in [3.8, 4) is 0 Å². The molecular weight excluding hydrogens is 218 g/mol. The summed E-state index contributed by atoms with van der Waals surface area (Å²) in [5.74, 6) is 1.15. The number of likely N-dealkylation sites (tertiary alicyclic amines) is 1. The zero-order valence-electron chi connectivity index (χ0n) is 10.5. The fourth-order valence-corrected chi connectivity index (χ4v) is 4.77. The van der Waals surface area contributed by atoms with Gasteiger partial charge in [0.15, 0.2) is 0 Å². The van der Waals surface area contributed by atoms with Gasteiger partial charge in [-0.1, -0.05) is 0 Å². The van der Waals surface area contributed by atoms with Gasteiger partial charge in [0.25, 0.3) is 0 Å². The van der Waals surface area contributed by atoms with E-state index in [0.717, 1.165) is 6.42 Å². The molecule has 2 aliphatic heterocycles. The summed E-state index contributed by atoms with van der Waals surface area (Å²) in [7, 11) is 0. The van der Waals surface area contributed by atoms with E-state index in [1.807, 2.05) is 4.90 Å². The summed E-state index contributed by atoms with van der Waals surface area (Å²) in [6.07, 6.45) is 0.493. The lowest BCUT2D eigenvalue weighted by molar-refractivity contribution is -0.160. The van der Waals surface area contributed by atoms with Gasteiger partial charge in [-0.15, -0.1) is 0 Å². The molecule has 0 radical (unpaired) electrons. The van der Waals surface area contributed by atoms with E-state index in [2.05, 4.69) is 20.8 Å². The number of carbonyl (C=O) groups is 1. The Hall–Kier alpha value is -0.610. The molecule has 4 aliphatic rings. The van der Waals surface area contributed by atoms with Gasteiger partial charge in [-0.3, -0.25) is 4.79 Å². The standard InChI is InChI=1S/C13H19NO3/c1-13(2,3)14-11(16)7-5-4-6-8(7)12(14)17-10(6)9(5)15/h5-10,12,15H,4H2,1-3H3. The van der Waals surface area contributed by atoms with Crippen LogP contribution in [-0.4, -0.2) is 39.9 Å². The molecule has 2 heterocycles. The Kier molecular flexibility index (Phi) is 1.64. The number of hydrogen-bond donors (Lipinski definition) is 1. The number of nitrogens with zero attached hydrogens (tertiary/aromatic N) is 1. The number of hydrogen-bond acceptors (Lipinski definition) is 3. The molecule has 2 saturated heterocycles. The van der Waals surface area contributed by atoms with Crippen molar-refractivity contribution in [3.63, 3.8) is 0 Å². The molecule has 0 aromatic carbocycles. The highest BCUT2D eigenvalue weighted by molar-refractivity contribution is 5.84. The number of aliphatic hydroxyl groups excluding tert-OH is 1. The van der Waals surface area contributed by atoms with Gasteiger partial charge in [-0.25, -0.2) is 0 Å². The maximum Gasteiger partial charge on any atom is 0.229 e. The van der Waals surface area contributed by atoms with Gasteiger partial charge in [-0.05, 0) is 39.0 Å². The molecule has 7 atom stereocenters. The van der Waals surface area contributed by atoms with Crippen LogP contribution in [0.3, 0.4) is 0 Å². The summed E-state index contributed by atoms with van der Waals surface area (Å²) in [6.45, 7) is 6.18. The topological polar surface area (TPSA) is 49.8 Å². The summed E-state index contributed by atoms with van der Waals surface area (Å²) in [6, 6.07) is 0. The van der Waals surface area contributed by atoms with Crippen LogP contribution in [0.1, 0.15) is 27.2 Å². The summed E-state index contributed by atoms with van der Waals surface area (Å²) in [4.78, 5) is 14.5. The first-order valence-electron chi connectivity index (χ1n) is 6.58. The van der Waals surface area contributed by atoms with E-state index in [9.17, 15) is 9.90 Å². The predicted molar refractivity (Wildman–Crippen MR) is 59.8 cm³/mol. The highest BCUT2D eigenvalue weighted by Gasteiger charge is 2.73. The minimum Gasteiger partial charge on any atom is -0.390 e. The van der Waals surface area contributed by atoms with Gasteiger partial charge >= 0.3 is 0 Å². The average molecular weight is 237 g/mol. The summed E-state index contributed by atoms with van der Waals surface area (Å²) < 4.78 is 6.01. The number of fused-ring (bicyclic) bond motifs is 2. The Morgan fingerprint density at radius 2 is 2.06 bits per heavy atom. The second-order valence-corrected chi connectivity index (χ2v) is 7.03. The average Bonchev–Trinajstić information content (AvgIpc) is 2.81. The third kappa shape index (κ3) is 0.968. The van der Waals surface area contributed by atoms with E-state index in [1.54, 1.807) is 0 Å². The minimum absolute atomic E-state index is 0.0100. The first-order chi connectivity index (χ1) is 7.91. The number of carbonyl (C=O) groups excluding carboxylic acids is 1. The van der Waals surface area contributed by atoms with E-state index >= 15 is 0 Å². The zero-order valence-corrected chi connectivity index (χ0v) is 10.5. The molecule has 0 aromatic heterocycles. The van der Waals surface area contributed by atoms with Crippen molar-refractivity contribution >= 4 is 5.91 Å². The van der Waals surface area contributed by atoms with Crippen LogP contribution in [0.15, 0.2) is 0 Å². The van der Waals surface area contributed by atoms with Crippen LogP contribution in [0.5, 0.6) is 0 Å². The monoisotopic (exact) mass is 237 g/mol. The molecule has 1 amide bonds. The van der Waals surface area contributed by atoms with Gasteiger partial charge in [0.05, 0.1) is 18.1 Å². The van der Waals surface area contributed by atoms with E-state index in [0.29, 0.717) is 11.8 Å². The Morgan fingerprint density at radius 1 is 1.35 bits per heavy atom. The molecule has 17 heavy (non-hydrogen) atoms. The van der Waals surface area contributed by atoms with Crippen LogP contribution < -0.4 is 0 Å². The van der Waals surface area contributed by atoms with Crippen molar-refractivity contribution in [1.82, 2.24) is 4.90 Å². The Bertz CT molecular complexity index is 402. The van der Waals surface area contributed by atoms with E-state index in [4.69, 9.17) is 4.74 Å². The quantitative estimate of drug-likeness (QED) is 0.671. The molecular formula is C13H19NO3. The van der Waals surface area contributed by atoms with Crippen LogP contribution in [-0.2, 0) is 9.53 Å². The van der Waals surface area contributed by atoms with Crippen molar-refractivity contribution < 1.29 is 14.6 Å². The maximum absolute atomic E-state index is 12.5. The largest absolute Gasteiger partial charge is 0.390 e. The number of ether oxygens (including phenoxy) is 1. The Balaban J connectivity index is 1.80. The van der Waals surface area contributed by atoms with Crippen LogP contribution >= 0.6 is 0 Å². The lowest BCUT2D eigenvalue weighted by Crippen LogP contribution is -2.51. The summed E-state index contributed by atoms with van der Waals surface area (Å²) >= 11 is 0. The smallest absolute Gasteiger partial charge is 0.229 e. The molecule has 4 nitrogen and oxygen atoms in total. The third-order valence-corrected chi connectivity index (χ3v) is 5.24. The fourth-order valence-electron chi connectivity index (χ4n) is 4.77. The SMILES string of the molecule is CC(C)(C)N1C(=O)C2C3CC4C(OC1C42)C3O. The fraction of sp³-hybridized carbons (Fsp3) is 0.923. The predicted octanol–water partition coefficient (Wildman–Crippen LogP) is 0.595. The molecule has 94 valence electrons. The van der Waals surface area contributed by atoms with Crippen molar-refractivity contribution in [2.45, 2.75) is 51.2 Å². The summed E-state index contributed by atoms with van der Waals surface area (Å²) in [5, 5.41) is 10.1. The molecule has 4 heteroatoms. The van der Waals surface area contributed by atoms with Gasteiger partial charge in [-0.2, -0.15) is 0 Å². The van der Waals surface area contributed by atoms with Crippen LogP contribution in [0.4, 0.5) is 0 Å². The van der Waals surface area contributed by atoms with E-state index < -0.39 is 6.10 Å². The van der Waals surface area contributed by atoms with Crippen molar-refractivity contribution in [2.24, 2.45) is 23.7 Å². The number of amides is 1. The van der Waals surface area contributed by atoms with Gasteiger partial charge in [0, 0.05) is 11.5 Å². The highest BCUT2D eigenvalue weighted by Crippen LogP contribution is 2.64. The van der Waals surface area contributed by atoms with Gasteiger partial charge in [0.1, 0.15) is 6.23 Å². The molecule has 4 rings (SSSR count). The van der Waals surface area contributed by atoms with E-state index in [-0.39, 0.29) is 35.6 Å². The minimum atomic E-state index is -0.405. The van der Waals surface area contributed by atoms with Gasteiger partial charge in [0.2, 0.25) is 5.91 Å². The number of rotatable bonds is 0. The first kappa shape index (κ1) is 10.3. The highest BCUT2D eigenvalue weighted by atomic mass is 16.5. The molecule has 7 unspecified atom stereocenters. The van der Waals surface area contributed by atoms with Crippen molar-refractivity contribution in [2.75, 3.05) is 0 Å². The first-order valence-corrected chi connectivity index (χ1v) is 6.58. The molecule has 4 fully saturated rings. The maximum atomic E-state index is 12.5. The molecule has 0 spiro atoms. The number of aliphatic hydroxyl groups is 1. The molecule has 2 bridgehead atoms. The lowest BCUT2D eigenvalue weighted by Gasteiger charge is -2.38. The lowest BCUT2D eigenvalue weighted by atomic mass is 9.80. The normalized spacial score (nSPS) is 55.2. The van der Waals surface area contributed by atoms with Crippen LogP contribution in [0, 0.1) is 23.7 Å². The van der Waals surface area contributed by atoms with Crippen LogP contribution in [0.25, 0.3) is 0 Å². The third-order valence-electron chi connectivity index (χ3n) is 5.24. The molecule has 2 aliphatic carbocycles. The second-order valence-electron chi connectivity index (χ2n) is 7.03. The van der Waals surface area contributed by atoms with Crippen molar-refractivity contribution in [1.29, 1.82) is 0 Å². The Morgan fingerprint density at radius 3 is 2.71 bits per heavy atom. The molecule has 1 N–H and O–H groups in total. The Labute approximate surface area is 101 Å². The van der Waals surface area contributed by atoms with Crippen LogP contribution in [0.2, 0.25) is 0 Å². The van der Waals surface area contributed by atoms with Gasteiger partial charge < -0.3 is 14.7 Å². The molecule has 0 aromatic rings. The van der Waals surface area contributed by atoms with Crippen molar-refractivity contribution in [3.05, 3.63) is 0 Å². The van der Waals surface area contributed by atoms with E-state index in [1.165, 1.54) is 0 Å². The molecule has 2 saturated carbocycles. The summed E-state index contributed by atoms with van der Waals surface area (Å²) in [5.41, 5.74) is -0.182. The zero-order chi connectivity index (χ0) is 12.1. The second kappa shape index (κ2) is 2.69.